The summed E-state index contributed by atoms with van der Waals surface area (Å²) in [6.07, 6.45) is 0. The molecule has 0 radical (unpaired) electrons. The van der Waals surface area contributed by atoms with Crippen LogP contribution in [0.25, 0.3) is 11.1 Å². The van der Waals surface area contributed by atoms with Crippen LogP contribution in [-0.2, 0) is 0 Å². The van der Waals surface area contributed by atoms with Crippen LogP contribution in [-0.4, -0.2) is 11.0 Å². The molecule has 3 heteroatoms. The minimum Gasteiger partial charge on any atom is -0.290 e. The molecule has 0 heterocycles. The first-order valence-corrected chi connectivity index (χ1v) is 7.07. The highest BCUT2D eigenvalue weighted by Crippen LogP contribution is 2.24. The first kappa shape index (κ1) is 14.0. The molecule has 0 bridgehead atoms. The van der Waals surface area contributed by atoms with Crippen LogP contribution in [0, 0.1) is 0 Å². The van der Waals surface area contributed by atoms with Gasteiger partial charge in [0.2, 0.25) is 0 Å². The number of benzene rings is 3. The maximum Gasteiger partial charge on any atom is 0.158 e. The van der Waals surface area contributed by atoms with E-state index in [0.717, 1.165) is 22.4 Å². The minimum absolute atomic E-state index is 0.422. The van der Waals surface area contributed by atoms with Crippen molar-refractivity contribution in [3.05, 3.63) is 90.5 Å². The number of rotatable bonds is 3. The fourth-order valence-electron chi connectivity index (χ4n) is 2.34. The van der Waals surface area contributed by atoms with Crippen molar-refractivity contribution >= 4 is 11.5 Å². The summed E-state index contributed by atoms with van der Waals surface area (Å²) < 4.78 is 0. The Bertz CT molecular complexity index is 768. The lowest BCUT2D eigenvalue weighted by Gasteiger charge is -2.11. The third-order valence-electron chi connectivity index (χ3n) is 3.37. The zero-order valence-electron chi connectivity index (χ0n) is 12.0. The highest BCUT2D eigenvalue weighted by Gasteiger charge is 2.10. The van der Waals surface area contributed by atoms with Crippen molar-refractivity contribution in [3.8, 4) is 11.1 Å². The SMILES string of the molecule is ONC(=Nc1ccccc1)c1ccccc1-c1ccccc1. The second-order valence-corrected chi connectivity index (χ2v) is 4.82. The number of aliphatic imine (C=N–C) groups is 1. The monoisotopic (exact) mass is 288 g/mol. The lowest BCUT2D eigenvalue weighted by atomic mass is 9.99. The van der Waals surface area contributed by atoms with Crippen LogP contribution in [0.15, 0.2) is 89.9 Å². The van der Waals surface area contributed by atoms with Crippen LogP contribution in [0.3, 0.4) is 0 Å². The van der Waals surface area contributed by atoms with E-state index in [4.69, 9.17) is 0 Å². The van der Waals surface area contributed by atoms with Crippen molar-refractivity contribution in [3.63, 3.8) is 0 Å². The Kier molecular flexibility index (Phi) is 4.27. The van der Waals surface area contributed by atoms with Crippen molar-refractivity contribution in [2.24, 2.45) is 4.99 Å². The van der Waals surface area contributed by atoms with E-state index in [0.29, 0.717) is 5.84 Å². The molecule has 0 saturated heterocycles. The summed E-state index contributed by atoms with van der Waals surface area (Å²) >= 11 is 0. The quantitative estimate of drug-likeness (QED) is 0.426. The van der Waals surface area contributed by atoms with Gasteiger partial charge >= 0.3 is 0 Å². The van der Waals surface area contributed by atoms with Gasteiger partial charge in [-0.05, 0) is 23.3 Å². The van der Waals surface area contributed by atoms with Gasteiger partial charge in [0.25, 0.3) is 0 Å². The van der Waals surface area contributed by atoms with Crippen molar-refractivity contribution < 1.29 is 5.21 Å². The maximum atomic E-state index is 9.53. The first-order valence-electron chi connectivity index (χ1n) is 7.07. The molecule has 0 amide bonds. The van der Waals surface area contributed by atoms with Gasteiger partial charge < -0.3 is 0 Å². The zero-order chi connectivity index (χ0) is 15.2. The highest BCUT2D eigenvalue weighted by atomic mass is 16.5. The van der Waals surface area contributed by atoms with E-state index in [9.17, 15) is 5.21 Å². The molecule has 3 rings (SSSR count). The van der Waals surface area contributed by atoms with Gasteiger partial charge in [0.1, 0.15) is 0 Å². The van der Waals surface area contributed by atoms with E-state index < -0.39 is 0 Å². The average Bonchev–Trinajstić information content (AvgIpc) is 2.61. The van der Waals surface area contributed by atoms with E-state index in [2.05, 4.69) is 10.5 Å². The molecule has 2 N–H and O–H groups in total. The topological polar surface area (TPSA) is 44.6 Å². The summed E-state index contributed by atoms with van der Waals surface area (Å²) in [7, 11) is 0. The van der Waals surface area contributed by atoms with Gasteiger partial charge in [0.05, 0.1) is 5.69 Å². The highest BCUT2D eigenvalue weighted by molar-refractivity contribution is 6.05. The first-order chi connectivity index (χ1) is 10.9. The number of amidine groups is 1. The number of para-hydroxylation sites is 1. The van der Waals surface area contributed by atoms with Crippen molar-refractivity contribution in [1.82, 2.24) is 5.48 Å². The molecule has 0 spiro atoms. The van der Waals surface area contributed by atoms with Crippen molar-refractivity contribution in [2.75, 3.05) is 0 Å². The Morgan fingerprint density at radius 2 is 1.32 bits per heavy atom. The van der Waals surface area contributed by atoms with Gasteiger partial charge in [0.15, 0.2) is 5.84 Å². The van der Waals surface area contributed by atoms with E-state index in [1.807, 2.05) is 84.9 Å². The summed E-state index contributed by atoms with van der Waals surface area (Å²) in [6.45, 7) is 0. The molecule has 108 valence electrons. The van der Waals surface area contributed by atoms with Crippen LogP contribution in [0.2, 0.25) is 0 Å². The van der Waals surface area contributed by atoms with Crippen LogP contribution in [0.1, 0.15) is 5.56 Å². The number of hydroxylamine groups is 1. The molecular formula is C19H16N2O. The van der Waals surface area contributed by atoms with E-state index in [1.54, 1.807) is 0 Å². The van der Waals surface area contributed by atoms with Gasteiger partial charge in [-0.1, -0.05) is 72.8 Å². The third-order valence-corrected chi connectivity index (χ3v) is 3.37. The molecule has 0 atom stereocenters. The summed E-state index contributed by atoms with van der Waals surface area (Å²) in [4.78, 5) is 4.49. The standard InChI is InChI=1S/C19H16N2O/c22-21-19(20-16-11-5-2-6-12-16)18-14-8-7-13-17(18)15-9-3-1-4-10-15/h1-14,22H,(H,20,21). The number of hydrogen-bond donors (Lipinski definition) is 2. The number of nitrogens with one attached hydrogen (secondary N) is 1. The lowest BCUT2D eigenvalue weighted by Crippen LogP contribution is -2.20. The number of hydrogen-bond acceptors (Lipinski definition) is 2. The van der Waals surface area contributed by atoms with Gasteiger partial charge in [-0.3, -0.25) is 10.7 Å². The molecule has 3 aromatic carbocycles. The largest absolute Gasteiger partial charge is 0.290 e. The molecular weight excluding hydrogens is 272 g/mol. The van der Waals surface area contributed by atoms with Crippen molar-refractivity contribution in [1.29, 1.82) is 0 Å². The van der Waals surface area contributed by atoms with Gasteiger partial charge in [-0.15, -0.1) is 0 Å². The molecule has 0 saturated carbocycles. The van der Waals surface area contributed by atoms with Gasteiger partial charge in [0, 0.05) is 5.56 Å². The Morgan fingerprint density at radius 1 is 0.727 bits per heavy atom. The smallest absolute Gasteiger partial charge is 0.158 e. The second kappa shape index (κ2) is 6.70. The van der Waals surface area contributed by atoms with Gasteiger partial charge in [-0.25, -0.2) is 4.99 Å². The molecule has 3 aromatic rings. The fourth-order valence-corrected chi connectivity index (χ4v) is 2.34. The van der Waals surface area contributed by atoms with Crippen LogP contribution >= 0.6 is 0 Å². The molecule has 22 heavy (non-hydrogen) atoms. The normalized spacial score (nSPS) is 11.2. The fraction of sp³-hybridized carbons (Fsp3) is 0. The predicted molar refractivity (Wildman–Crippen MR) is 89.4 cm³/mol. The molecule has 0 unspecified atom stereocenters. The summed E-state index contributed by atoms with van der Waals surface area (Å²) in [6, 6.07) is 27.4. The molecule has 0 aliphatic rings. The Hall–Kier alpha value is -2.91. The average molecular weight is 288 g/mol. The summed E-state index contributed by atoms with van der Waals surface area (Å²) in [5.41, 5.74) is 5.94. The Balaban J connectivity index is 2.09. The molecule has 3 nitrogen and oxygen atoms in total. The number of nitrogens with zero attached hydrogens (tertiary/aromatic N) is 1. The Morgan fingerprint density at radius 3 is 2.00 bits per heavy atom. The third kappa shape index (κ3) is 3.05. The zero-order valence-corrected chi connectivity index (χ0v) is 12.0. The summed E-state index contributed by atoms with van der Waals surface area (Å²) in [5, 5.41) is 9.53. The lowest BCUT2D eigenvalue weighted by molar-refractivity contribution is 0.235. The van der Waals surface area contributed by atoms with E-state index in [1.165, 1.54) is 0 Å². The molecule has 0 aliphatic heterocycles. The van der Waals surface area contributed by atoms with Crippen LogP contribution in [0.4, 0.5) is 5.69 Å². The van der Waals surface area contributed by atoms with Crippen molar-refractivity contribution in [2.45, 2.75) is 0 Å². The van der Waals surface area contributed by atoms with E-state index in [-0.39, 0.29) is 0 Å². The molecule has 0 aliphatic carbocycles. The maximum absolute atomic E-state index is 9.53. The van der Waals surface area contributed by atoms with Crippen LogP contribution in [0.5, 0.6) is 0 Å². The summed E-state index contributed by atoms with van der Waals surface area (Å²) in [5.74, 6) is 0.422. The van der Waals surface area contributed by atoms with Crippen LogP contribution < -0.4 is 5.48 Å². The minimum atomic E-state index is 0.422. The molecule has 0 fully saturated rings. The molecule has 0 aromatic heterocycles. The predicted octanol–water partition coefficient (Wildman–Crippen LogP) is 4.41. The van der Waals surface area contributed by atoms with E-state index >= 15 is 0 Å². The second-order valence-electron chi connectivity index (χ2n) is 4.82. The van der Waals surface area contributed by atoms with Gasteiger partial charge in [-0.2, -0.15) is 0 Å². The Labute approximate surface area is 129 Å².